The fourth-order valence-corrected chi connectivity index (χ4v) is 4.48. The molecule has 0 radical (unpaired) electrons. The normalized spacial score (nSPS) is 30.6. The lowest BCUT2D eigenvalue weighted by Crippen LogP contribution is -2.60. The molecule has 0 bridgehead atoms. The Morgan fingerprint density at radius 3 is 2.45 bits per heavy atom. The van der Waals surface area contributed by atoms with Crippen LogP contribution < -0.4 is 14.5 Å². The fourth-order valence-electron chi connectivity index (χ4n) is 4.48. The van der Waals surface area contributed by atoms with E-state index in [9.17, 15) is 23.1 Å². The van der Waals surface area contributed by atoms with Crippen molar-refractivity contribution in [3.8, 4) is 5.75 Å². The van der Waals surface area contributed by atoms with Gasteiger partial charge in [0, 0.05) is 26.1 Å². The van der Waals surface area contributed by atoms with Gasteiger partial charge in [-0.15, -0.1) is 6.58 Å². The molecule has 0 amide bonds. The first-order valence-electron chi connectivity index (χ1n) is 9.23. The lowest BCUT2D eigenvalue weighted by molar-refractivity contribution is -0.142. The van der Waals surface area contributed by atoms with Gasteiger partial charge in [-0.2, -0.15) is 18.2 Å². The molecule has 2 saturated heterocycles. The number of aliphatic hydroxyl groups is 1. The summed E-state index contributed by atoms with van der Waals surface area (Å²) >= 11 is 0. The molecule has 0 aromatic carbocycles. The van der Waals surface area contributed by atoms with Crippen molar-refractivity contribution in [3.63, 3.8) is 0 Å². The number of methoxy groups -OCH3 is 1. The van der Waals surface area contributed by atoms with E-state index in [2.05, 4.69) is 16.5 Å². The van der Waals surface area contributed by atoms with E-state index in [4.69, 9.17) is 9.84 Å². The van der Waals surface area contributed by atoms with Crippen molar-refractivity contribution in [1.82, 2.24) is 9.97 Å². The number of aliphatic hydroxyl groups excluding tert-OH is 1. The Morgan fingerprint density at radius 1 is 1.31 bits per heavy atom. The molecular formula is C18H21F3N4O4. The Hall–Kier alpha value is -2.56. The first kappa shape index (κ1) is 19.7. The molecule has 0 spiro atoms. The van der Waals surface area contributed by atoms with E-state index >= 15 is 0 Å². The number of fused-ring (bicyclic) bond motifs is 1. The first-order chi connectivity index (χ1) is 13.7. The smallest absolute Gasteiger partial charge is 0.437 e. The van der Waals surface area contributed by atoms with Crippen LogP contribution in [0.4, 0.5) is 24.9 Å². The van der Waals surface area contributed by atoms with Crippen LogP contribution in [0.3, 0.4) is 0 Å². The average molecular weight is 414 g/mol. The van der Waals surface area contributed by atoms with E-state index in [1.807, 2.05) is 0 Å². The Kier molecular flexibility index (Phi) is 4.60. The SMILES string of the molecule is C=C[C@H]1[C@H](O)CN1c1nc(N2C[C@@H]3C(CC(=O)O)[C@@H]3C2)c(OC)c(C(F)(F)F)n1. The number of hydrogen-bond acceptors (Lipinski definition) is 7. The van der Waals surface area contributed by atoms with Gasteiger partial charge in [0.2, 0.25) is 5.95 Å². The van der Waals surface area contributed by atoms with Crippen molar-refractivity contribution in [2.75, 3.05) is 36.5 Å². The predicted molar refractivity (Wildman–Crippen MR) is 95.9 cm³/mol. The highest BCUT2D eigenvalue weighted by Gasteiger charge is 2.57. The van der Waals surface area contributed by atoms with E-state index < -0.39 is 35.7 Å². The maximum atomic E-state index is 13.7. The van der Waals surface area contributed by atoms with E-state index in [1.54, 1.807) is 4.90 Å². The van der Waals surface area contributed by atoms with E-state index in [-0.39, 0.29) is 42.5 Å². The number of anilines is 2. The zero-order chi connectivity index (χ0) is 21.1. The zero-order valence-corrected chi connectivity index (χ0v) is 15.6. The molecule has 1 unspecified atom stereocenters. The molecule has 2 aliphatic heterocycles. The maximum absolute atomic E-state index is 13.7. The minimum Gasteiger partial charge on any atom is -0.491 e. The van der Waals surface area contributed by atoms with E-state index in [0.717, 1.165) is 7.11 Å². The molecule has 2 N–H and O–H groups in total. The van der Waals surface area contributed by atoms with Gasteiger partial charge in [-0.3, -0.25) is 4.79 Å². The Balaban J connectivity index is 1.67. The van der Waals surface area contributed by atoms with Crippen LogP contribution in [-0.2, 0) is 11.0 Å². The van der Waals surface area contributed by atoms with Crippen LogP contribution in [0, 0.1) is 17.8 Å². The summed E-state index contributed by atoms with van der Waals surface area (Å²) in [6.07, 6.45) is -3.99. The summed E-state index contributed by atoms with van der Waals surface area (Å²) in [5, 5.41) is 18.8. The number of piperidine rings is 1. The average Bonchev–Trinajstić information content (AvgIpc) is 3.07. The number of carbonyl (C=O) groups is 1. The number of carboxylic acid groups (broad SMARTS) is 1. The largest absolute Gasteiger partial charge is 0.491 e. The molecule has 29 heavy (non-hydrogen) atoms. The number of ether oxygens (including phenoxy) is 1. The summed E-state index contributed by atoms with van der Waals surface area (Å²) < 4.78 is 46.1. The Morgan fingerprint density at radius 2 is 1.97 bits per heavy atom. The molecule has 3 heterocycles. The van der Waals surface area contributed by atoms with Gasteiger partial charge in [0.1, 0.15) is 0 Å². The van der Waals surface area contributed by atoms with Crippen LogP contribution in [0.2, 0.25) is 0 Å². The molecule has 1 aromatic heterocycles. The third-order valence-electron chi connectivity index (χ3n) is 6.03. The number of aromatic nitrogens is 2. The molecule has 5 atom stereocenters. The maximum Gasteiger partial charge on any atom is 0.437 e. The lowest BCUT2D eigenvalue weighted by atomic mass is 10.0. The Bertz CT molecular complexity index is 837. The van der Waals surface area contributed by atoms with Crippen molar-refractivity contribution in [2.45, 2.75) is 24.7 Å². The molecule has 8 nitrogen and oxygen atoms in total. The highest BCUT2D eigenvalue weighted by molar-refractivity contribution is 5.68. The van der Waals surface area contributed by atoms with E-state index in [0.29, 0.717) is 13.1 Å². The fraction of sp³-hybridized carbons (Fsp3) is 0.611. The van der Waals surface area contributed by atoms with Crippen LogP contribution in [0.25, 0.3) is 0 Å². The molecule has 3 fully saturated rings. The summed E-state index contributed by atoms with van der Waals surface area (Å²) in [5.41, 5.74) is -1.17. The molecule has 11 heteroatoms. The number of aliphatic carboxylic acids is 1. The number of nitrogens with zero attached hydrogens (tertiary/aromatic N) is 4. The standard InChI is InChI=1S/C18H21F3N4O4/c1-3-11-12(26)7-25(11)17-22-15(18(19,20)21)14(29-2)16(23-17)24-5-9-8(4-13(27)28)10(9)6-24/h3,8-12,26H,1,4-7H2,2H3,(H,27,28)/t8?,9-,10+,11-,12+/m0/s1. The highest BCUT2D eigenvalue weighted by Crippen LogP contribution is 2.55. The quantitative estimate of drug-likeness (QED) is 0.674. The number of alkyl halides is 3. The summed E-state index contributed by atoms with van der Waals surface area (Å²) in [7, 11) is 1.14. The summed E-state index contributed by atoms with van der Waals surface area (Å²) in [4.78, 5) is 22.1. The summed E-state index contributed by atoms with van der Waals surface area (Å²) in [6, 6.07) is -0.566. The Labute approximate surface area is 164 Å². The van der Waals surface area contributed by atoms with Gasteiger partial charge >= 0.3 is 12.1 Å². The number of β-amino-alcohol motifs (C(OH)–C–C–N with tert-alkyl or cyclic N) is 1. The molecule has 1 saturated carbocycles. The third-order valence-corrected chi connectivity index (χ3v) is 6.03. The topological polar surface area (TPSA) is 99.0 Å². The molecule has 1 aliphatic carbocycles. The second-order valence-corrected chi connectivity index (χ2v) is 7.67. The molecular weight excluding hydrogens is 393 g/mol. The van der Waals surface area contributed by atoms with Crippen LogP contribution >= 0.6 is 0 Å². The van der Waals surface area contributed by atoms with Crippen molar-refractivity contribution in [2.24, 2.45) is 17.8 Å². The van der Waals surface area contributed by atoms with Crippen molar-refractivity contribution in [3.05, 3.63) is 18.3 Å². The van der Waals surface area contributed by atoms with Gasteiger partial charge in [-0.05, 0) is 17.8 Å². The minimum absolute atomic E-state index is 0.0373. The van der Waals surface area contributed by atoms with Crippen molar-refractivity contribution in [1.29, 1.82) is 0 Å². The number of rotatable bonds is 6. The van der Waals surface area contributed by atoms with Gasteiger partial charge in [0.15, 0.2) is 17.3 Å². The van der Waals surface area contributed by atoms with Crippen LogP contribution in [0.1, 0.15) is 12.1 Å². The van der Waals surface area contributed by atoms with Gasteiger partial charge in [-0.25, -0.2) is 4.98 Å². The summed E-state index contributed by atoms with van der Waals surface area (Å²) in [5.74, 6) is -1.14. The molecule has 3 aliphatic rings. The van der Waals surface area contributed by atoms with Gasteiger partial charge in [-0.1, -0.05) is 6.08 Å². The van der Waals surface area contributed by atoms with Crippen LogP contribution in [0.15, 0.2) is 12.7 Å². The molecule has 158 valence electrons. The number of halogens is 3. The lowest BCUT2D eigenvalue weighted by Gasteiger charge is -2.44. The minimum atomic E-state index is -4.75. The predicted octanol–water partition coefficient (Wildman–Crippen LogP) is 1.40. The second-order valence-electron chi connectivity index (χ2n) is 7.67. The van der Waals surface area contributed by atoms with Crippen molar-refractivity contribution >= 4 is 17.7 Å². The van der Waals surface area contributed by atoms with Crippen LogP contribution in [0.5, 0.6) is 5.75 Å². The van der Waals surface area contributed by atoms with Crippen LogP contribution in [-0.4, -0.2) is 65.0 Å². The first-order valence-corrected chi connectivity index (χ1v) is 9.23. The second kappa shape index (κ2) is 6.75. The summed E-state index contributed by atoms with van der Waals surface area (Å²) in [6.45, 7) is 4.54. The van der Waals surface area contributed by atoms with Crippen molar-refractivity contribution < 1.29 is 32.9 Å². The van der Waals surface area contributed by atoms with Gasteiger partial charge in [0.25, 0.3) is 0 Å². The highest BCUT2D eigenvalue weighted by atomic mass is 19.4. The van der Waals surface area contributed by atoms with Gasteiger partial charge in [0.05, 0.1) is 19.3 Å². The van der Waals surface area contributed by atoms with E-state index in [1.165, 1.54) is 11.0 Å². The third kappa shape index (κ3) is 3.26. The number of hydrogen-bond donors (Lipinski definition) is 2. The van der Waals surface area contributed by atoms with Gasteiger partial charge < -0.3 is 24.7 Å². The monoisotopic (exact) mass is 414 g/mol. The molecule has 4 rings (SSSR count). The number of carboxylic acids is 1. The zero-order valence-electron chi connectivity index (χ0n) is 15.6. The molecule has 1 aromatic rings.